The molecule has 0 amide bonds. The van der Waals surface area contributed by atoms with Crippen LogP contribution in [-0.4, -0.2) is 26.4 Å². The van der Waals surface area contributed by atoms with Gasteiger partial charge in [0, 0.05) is 5.56 Å². The summed E-state index contributed by atoms with van der Waals surface area (Å²) in [5, 5.41) is 13.8. The second kappa shape index (κ2) is 4.92. The Hall–Kier alpha value is -3.28. The van der Waals surface area contributed by atoms with Gasteiger partial charge in [-0.3, -0.25) is 4.79 Å². The quantitative estimate of drug-likeness (QED) is 0.733. The molecule has 106 valence electrons. The third-order valence-corrected chi connectivity index (χ3v) is 3.39. The van der Waals surface area contributed by atoms with Gasteiger partial charge >= 0.3 is 0 Å². The van der Waals surface area contributed by atoms with Gasteiger partial charge in [0.1, 0.15) is 5.75 Å². The highest BCUT2D eigenvalue weighted by Crippen LogP contribution is 2.31. The van der Waals surface area contributed by atoms with Gasteiger partial charge in [-0.15, -0.1) is 10.2 Å². The number of hydrogen-bond donors (Lipinski definition) is 1. The molecule has 1 aliphatic heterocycles. The van der Waals surface area contributed by atoms with E-state index < -0.39 is 0 Å². The Bertz CT molecular complexity index is 867. The molecular weight excluding hydrogens is 280 g/mol. The number of ketones is 1. The number of hydrogen-bond acceptors (Lipinski definition) is 5. The summed E-state index contributed by atoms with van der Waals surface area (Å²) in [4.78, 5) is 12.2. The molecule has 3 aromatic rings. The Balaban J connectivity index is 1.63. The molecule has 1 aliphatic rings. The first-order valence-electron chi connectivity index (χ1n) is 6.68. The normalized spacial score (nSPS) is 14.9. The van der Waals surface area contributed by atoms with Crippen LogP contribution in [0.25, 0.3) is 17.5 Å². The third-order valence-electron chi connectivity index (χ3n) is 3.39. The minimum Gasteiger partial charge on any atom is -0.452 e. The lowest BCUT2D eigenvalue weighted by molar-refractivity contribution is 0.101. The number of carbonyl (C=O) groups is 1. The number of H-pyrrole nitrogens is 1. The van der Waals surface area contributed by atoms with E-state index in [1.165, 1.54) is 0 Å². The van der Waals surface area contributed by atoms with E-state index >= 15 is 0 Å². The van der Waals surface area contributed by atoms with Crippen LogP contribution in [0.15, 0.2) is 54.3 Å². The molecule has 0 saturated heterocycles. The predicted molar refractivity (Wildman–Crippen MR) is 79.0 cm³/mol. The van der Waals surface area contributed by atoms with E-state index in [-0.39, 0.29) is 5.78 Å². The third kappa shape index (κ3) is 2.07. The molecule has 0 unspecified atom stereocenters. The molecule has 4 rings (SSSR count). The minimum absolute atomic E-state index is 0.0992. The number of ether oxygens (including phenoxy) is 1. The van der Waals surface area contributed by atoms with Crippen molar-refractivity contribution in [2.45, 2.75) is 0 Å². The number of fused-ring (bicyclic) bond motifs is 1. The molecule has 6 nitrogen and oxygen atoms in total. The van der Waals surface area contributed by atoms with Crippen molar-refractivity contribution in [1.82, 2.24) is 20.6 Å². The van der Waals surface area contributed by atoms with E-state index in [9.17, 15) is 4.79 Å². The highest BCUT2D eigenvalue weighted by Gasteiger charge is 2.26. The first kappa shape index (κ1) is 12.5. The van der Waals surface area contributed by atoms with Crippen LogP contribution >= 0.6 is 0 Å². The number of aromatic amines is 1. The largest absolute Gasteiger partial charge is 0.452 e. The number of nitrogens with zero attached hydrogens (tertiary/aromatic N) is 3. The summed E-state index contributed by atoms with van der Waals surface area (Å²) in [5.41, 5.74) is 2.30. The maximum Gasteiger partial charge on any atom is 0.231 e. The van der Waals surface area contributed by atoms with Crippen molar-refractivity contribution in [1.29, 1.82) is 0 Å². The number of aromatic nitrogens is 4. The van der Waals surface area contributed by atoms with Crippen LogP contribution in [0.2, 0.25) is 0 Å². The number of benzene rings is 2. The van der Waals surface area contributed by atoms with Crippen molar-refractivity contribution >= 4 is 11.9 Å². The highest BCUT2D eigenvalue weighted by atomic mass is 16.5. The van der Waals surface area contributed by atoms with Gasteiger partial charge in [-0.05, 0) is 29.0 Å². The second-order valence-corrected chi connectivity index (χ2v) is 4.79. The maximum absolute atomic E-state index is 12.2. The first-order chi connectivity index (χ1) is 10.8. The van der Waals surface area contributed by atoms with E-state index in [4.69, 9.17) is 4.74 Å². The number of tetrazole rings is 1. The SMILES string of the molecule is O=C1/C(=C/c2ccc(-c3nn[nH]n3)cc2)Oc2ccccc21. The van der Waals surface area contributed by atoms with Gasteiger partial charge in [0.25, 0.3) is 0 Å². The summed E-state index contributed by atoms with van der Waals surface area (Å²) >= 11 is 0. The average molecular weight is 290 g/mol. The fourth-order valence-electron chi connectivity index (χ4n) is 2.30. The van der Waals surface area contributed by atoms with E-state index in [1.807, 2.05) is 36.4 Å². The minimum atomic E-state index is -0.0992. The first-order valence-corrected chi connectivity index (χ1v) is 6.68. The Morgan fingerprint density at radius 1 is 1.05 bits per heavy atom. The van der Waals surface area contributed by atoms with Gasteiger partial charge in [0.2, 0.25) is 11.6 Å². The average Bonchev–Trinajstić information content (AvgIpc) is 3.18. The van der Waals surface area contributed by atoms with Crippen LogP contribution in [0, 0.1) is 0 Å². The zero-order valence-electron chi connectivity index (χ0n) is 11.4. The summed E-state index contributed by atoms with van der Waals surface area (Å²) < 4.78 is 5.60. The summed E-state index contributed by atoms with van der Waals surface area (Å²) in [6.45, 7) is 0. The van der Waals surface area contributed by atoms with Crippen LogP contribution in [0.1, 0.15) is 15.9 Å². The van der Waals surface area contributed by atoms with E-state index in [0.29, 0.717) is 22.9 Å². The highest BCUT2D eigenvalue weighted by molar-refractivity contribution is 6.14. The van der Waals surface area contributed by atoms with Crippen LogP contribution in [-0.2, 0) is 0 Å². The zero-order valence-corrected chi connectivity index (χ0v) is 11.4. The molecule has 0 fully saturated rings. The predicted octanol–water partition coefficient (Wildman–Crippen LogP) is 2.48. The number of nitrogens with one attached hydrogen (secondary N) is 1. The lowest BCUT2D eigenvalue weighted by Gasteiger charge is -1.99. The molecule has 0 atom stereocenters. The summed E-state index contributed by atoms with van der Waals surface area (Å²) in [7, 11) is 0. The van der Waals surface area contributed by atoms with Crippen molar-refractivity contribution in [3.8, 4) is 17.1 Å². The molecule has 0 spiro atoms. The topological polar surface area (TPSA) is 80.8 Å². The smallest absolute Gasteiger partial charge is 0.231 e. The lowest BCUT2D eigenvalue weighted by Crippen LogP contribution is -1.97. The van der Waals surface area contributed by atoms with Crippen LogP contribution in [0.3, 0.4) is 0 Å². The Kier molecular flexibility index (Phi) is 2.79. The van der Waals surface area contributed by atoms with E-state index in [0.717, 1.165) is 11.1 Å². The van der Waals surface area contributed by atoms with Crippen molar-refractivity contribution in [3.63, 3.8) is 0 Å². The molecule has 0 bridgehead atoms. The molecule has 1 N–H and O–H groups in total. The molecule has 6 heteroatoms. The molecule has 0 aliphatic carbocycles. The fraction of sp³-hybridized carbons (Fsp3) is 0. The van der Waals surface area contributed by atoms with Crippen molar-refractivity contribution in [2.75, 3.05) is 0 Å². The molecule has 2 heterocycles. The molecule has 1 aromatic heterocycles. The number of allylic oxidation sites excluding steroid dienone is 1. The van der Waals surface area contributed by atoms with Gasteiger partial charge in [0.05, 0.1) is 5.56 Å². The van der Waals surface area contributed by atoms with Gasteiger partial charge < -0.3 is 4.74 Å². The molecule has 2 aromatic carbocycles. The molecular formula is C16H10N4O2. The van der Waals surface area contributed by atoms with Crippen LogP contribution < -0.4 is 4.74 Å². The summed E-state index contributed by atoms with van der Waals surface area (Å²) in [6, 6.07) is 14.7. The Labute approximate surface area is 125 Å². The van der Waals surface area contributed by atoms with Crippen LogP contribution in [0.4, 0.5) is 0 Å². The lowest BCUT2D eigenvalue weighted by atomic mass is 10.1. The number of para-hydroxylation sites is 1. The van der Waals surface area contributed by atoms with Crippen molar-refractivity contribution < 1.29 is 9.53 Å². The van der Waals surface area contributed by atoms with Gasteiger partial charge in [-0.1, -0.05) is 36.4 Å². The Morgan fingerprint density at radius 2 is 1.86 bits per heavy atom. The molecule has 22 heavy (non-hydrogen) atoms. The molecule has 0 radical (unpaired) electrons. The van der Waals surface area contributed by atoms with Crippen LogP contribution in [0.5, 0.6) is 5.75 Å². The van der Waals surface area contributed by atoms with Gasteiger partial charge in [-0.25, -0.2) is 0 Å². The van der Waals surface area contributed by atoms with Crippen molar-refractivity contribution in [3.05, 3.63) is 65.4 Å². The monoisotopic (exact) mass is 290 g/mol. The number of rotatable bonds is 2. The van der Waals surface area contributed by atoms with Crippen molar-refractivity contribution in [2.24, 2.45) is 0 Å². The molecule has 0 saturated carbocycles. The summed E-state index contributed by atoms with van der Waals surface area (Å²) in [5.74, 6) is 1.35. The maximum atomic E-state index is 12.2. The van der Waals surface area contributed by atoms with E-state index in [1.54, 1.807) is 18.2 Å². The number of carbonyl (C=O) groups excluding carboxylic acids is 1. The Morgan fingerprint density at radius 3 is 2.59 bits per heavy atom. The second-order valence-electron chi connectivity index (χ2n) is 4.79. The fourth-order valence-corrected chi connectivity index (χ4v) is 2.30. The zero-order chi connectivity index (χ0) is 14.9. The van der Waals surface area contributed by atoms with Gasteiger partial charge in [-0.2, -0.15) is 5.21 Å². The summed E-state index contributed by atoms with van der Waals surface area (Å²) in [6.07, 6.45) is 1.72. The number of Topliss-reactive ketones (excluding diaryl/α,β-unsaturated/α-hetero) is 1. The van der Waals surface area contributed by atoms with E-state index in [2.05, 4.69) is 20.6 Å². The standard InChI is InChI=1S/C16H10N4O2/c21-15-12-3-1-2-4-13(12)22-14(15)9-10-5-7-11(8-6-10)16-17-19-20-18-16/h1-9H,(H,17,18,19,20)/b14-9-. The van der Waals surface area contributed by atoms with Gasteiger partial charge in [0.15, 0.2) is 5.76 Å².